The predicted octanol–water partition coefficient (Wildman–Crippen LogP) is 2.08. The molecule has 1 aliphatic heterocycles. The molecule has 0 saturated carbocycles. The van der Waals surface area contributed by atoms with Crippen molar-refractivity contribution >= 4 is 47.6 Å². The highest BCUT2D eigenvalue weighted by atomic mass is 79.9. The third-order valence-electron chi connectivity index (χ3n) is 2.79. The molecule has 18 heavy (non-hydrogen) atoms. The lowest BCUT2D eigenvalue weighted by Gasteiger charge is -2.27. The molecule has 1 heterocycles. The van der Waals surface area contributed by atoms with Crippen molar-refractivity contribution in [3.8, 4) is 0 Å². The molecule has 2 rings (SSSR count). The SMILES string of the molecule is O=C(c1cc(Br)ccc1Br)N1CCS(=O)(=O)CC1. The van der Waals surface area contributed by atoms with Crippen LogP contribution in [-0.4, -0.2) is 43.8 Å². The van der Waals surface area contributed by atoms with E-state index in [9.17, 15) is 13.2 Å². The zero-order valence-electron chi connectivity index (χ0n) is 9.40. The maximum atomic E-state index is 12.3. The average molecular weight is 397 g/mol. The van der Waals surface area contributed by atoms with Crippen LogP contribution in [0.15, 0.2) is 27.1 Å². The van der Waals surface area contributed by atoms with Crippen LogP contribution in [-0.2, 0) is 9.84 Å². The van der Waals surface area contributed by atoms with Gasteiger partial charge in [0.05, 0.1) is 17.1 Å². The molecule has 1 fully saturated rings. The van der Waals surface area contributed by atoms with Crippen LogP contribution in [0, 0.1) is 0 Å². The highest BCUT2D eigenvalue weighted by Crippen LogP contribution is 2.23. The van der Waals surface area contributed by atoms with E-state index >= 15 is 0 Å². The number of nitrogens with zero attached hydrogens (tertiary/aromatic N) is 1. The number of sulfone groups is 1. The Morgan fingerprint density at radius 3 is 2.39 bits per heavy atom. The Morgan fingerprint density at radius 2 is 1.78 bits per heavy atom. The summed E-state index contributed by atoms with van der Waals surface area (Å²) in [6, 6.07) is 5.36. The standard InChI is InChI=1S/C11H11Br2NO3S/c12-8-1-2-10(13)9(7-8)11(15)14-3-5-18(16,17)6-4-14/h1-2,7H,3-6H2. The van der Waals surface area contributed by atoms with Crippen molar-refractivity contribution in [1.82, 2.24) is 4.90 Å². The fourth-order valence-electron chi connectivity index (χ4n) is 1.75. The van der Waals surface area contributed by atoms with Crippen LogP contribution < -0.4 is 0 Å². The maximum Gasteiger partial charge on any atom is 0.255 e. The third kappa shape index (κ3) is 3.13. The van der Waals surface area contributed by atoms with Gasteiger partial charge in [0, 0.05) is 22.0 Å². The van der Waals surface area contributed by atoms with Gasteiger partial charge in [0.2, 0.25) is 0 Å². The van der Waals surface area contributed by atoms with E-state index in [1.54, 1.807) is 17.0 Å². The van der Waals surface area contributed by atoms with Gasteiger partial charge in [-0.25, -0.2) is 8.42 Å². The fourth-order valence-corrected chi connectivity index (χ4v) is 3.73. The van der Waals surface area contributed by atoms with Crippen LogP contribution in [0.5, 0.6) is 0 Å². The highest BCUT2D eigenvalue weighted by molar-refractivity contribution is 9.11. The molecule has 0 radical (unpaired) electrons. The van der Waals surface area contributed by atoms with Crippen LogP contribution in [0.4, 0.5) is 0 Å². The van der Waals surface area contributed by atoms with Gasteiger partial charge in [-0.05, 0) is 34.1 Å². The number of halogens is 2. The van der Waals surface area contributed by atoms with Gasteiger partial charge in [0.25, 0.3) is 5.91 Å². The quantitative estimate of drug-likeness (QED) is 0.730. The lowest BCUT2D eigenvalue weighted by molar-refractivity contribution is 0.0769. The molecule has 0 spiro atoms. The van der Waals surface area contributed by atoms with Crippen molar-refractivity contribution in [2.24, 2.45) is 0 Å². The van der Waals surface area contributed by atoms with E-state index in [0.29, 0.717) is 10.0 Å². The molecular formula is C11H11Br2NO3S. The summed E-state index contributed by atoms with van der Waals surface area (Å²) in [4.78, 5) is 13.8. The molecule has 7 heteroatoms. The molecule has 1 saturated heterocycles. The van der Waals surface area contributed by atoms with Crippen molar-refractivity contribution in [2.75, 3.05) is 24.6 Å². The molecule has 0 bridgehead atoms. The second-order valence-corrected chi connectivity index (χ2v) is 8.14. The van der Waals surface area contributed by atoms with Gasteiger partial charge in [0.15, 0.2) is 9.84 Å². The minimum absolute atomic E-state index is 0.0460. The van der Waals surface area contributed by atoms with Crippen molar-refractivity contribution in [3.05, 3.63) is 32.7 Å². The minimum Gasteiger partial charge on any atom is -0.337 e. The molecule has 0 aliphatic carbocycles. The molecule has 1 aliphatic rings. The Balaban J connectivity index is 2.20. The van der Waals surface area contributed by atoms with E-state index in [1.165, 1.54) is 0 Å². The topological polar surface area (TPSA) is 54.5 Å². The number of amides is 1. The molecule has 98 valence electrons. The third-order valence-corrected chi connectivity index (χ3v) is 5.58. The molecule has 1 amide bonds. The smallest absolute Gasteiger partial charge is 0.255 e. The number of hydrogen-bond acceptors (Lipinski definition) is 3. The van der Waals surface area contributed by atoms with Crippen molar-refractivity contribution in [3.63, 3.8) is 0 Å². The summed E-state index contributed by atoms with van der Waals surface area (Å²) in [6.07, 6.45) is 0. The lowest BCUT2D eigenvalue weighted by atomic mass is 10.2. The first-order valence-electron chi connectivity index (χ1n) is 5.34. The zero-order valence-corrected chi connectivity index (χ0v) is 13.4. The van der Waals surface area contributed by atoms with E-state index in [0.717, 1.165) is 4.47 Å². The van der Waals surface area contributed by atoms with Gasteiger partial charge in [-0.15, -0.1) is 0 Å². The summed E-state index contributed by atoms with van der Waals surface area (Å²) in [7, 11) is -2.96. The van der Waals surface area contributed by atoms with E-state index in [4.69, 9.17) is 0 Å². The molecule has 1 aromatic rings. The Hall–Kier alpha value is -0.400. The lowest BCUT2D eigenvalue weighted by Crippen LogP contribution is -2.43. The van der Waals surface area contributed by atoms with Gasteiger partial charge < -0.3 is 4.90 Å². The van der Waals surface area contributed by atoms with Gasteiger partial charge in [-0.1, -0.05) is 15.9 Å². The maximum absolute atomic E-state index is 12.3. The monoisotopic (exact) mass is 395 g/mol. The van der Waals surface area contributed by atoms with Crippen molar-refractivity contribution < 1.29 is 13.2 Å². The summed E-state index contributed by atoms with van der Waals surface area (Å²) in [6.45, 7) is 0.528. The van der Waals surface area contributed by atoms with E-state index < -0.39 is 9.84 Å². The summed E-state index contributed by atoms with van der Waals surface area (Å²) >= 11 is 6.65. The molecule has 0 N–H and O–H groups in total. The first-order chi connectivity index (χ1) is 8.39. The Morgan fingerprint density at radius 1 is 1.17 bits per heavy atom. The van der Waals surface area contributed by atoms with Crippen molar-refractivity contribution in [2.45, 2.75) is 0 Å². The highest BCUT2D eigenvalue weighted by Gasteiger charge is 2.26. The molecule has 0 unspecified atom stereocenters. The zero-order chi connectivity index (χ0) is 13.3. The second kappa shape index (κ2) is 5.30. The molecular weight excluding hydrogens is 386 g/mol. The van der Waals surface area contributed by atoms with Gasteiger partial charge >= 0.3 is 0 Å². The molecule has 4 nitrogen and oxygen atoms in total. The average Bonchev–Trinajstić information content (AvgIpc) is 2.31. The number of hydrogen-bond donors (Lipinski definition) is 0. The van der Waals surface area contributed by atoms with Crippen LogP contribution in [0.2, 0.25) is 0 Å². The number of carbonyl (C=O) groups excluding carboxylic acids is 1. The fraction of sp³-hybridized carbons (Fsp3) is 0.364. The molecule has 1 aromatic carbocycles. The molecule has 0 atom stereocenters. The van der Waals surface area contributed by atoms with Crippen LogP contribution >= 0.6 is 31.9 Å². The van der Waals surface area contributed by atoms with Gasteiger partial charge in [0.1, 0.15) is 0 Å². The van der Waals surface area contributed by atoms with Crippen LogP contribution in [0.1, 0.15) is 10.4 Å². The summed E-state index contributed by atoms with van der Waals surface area (Å²) in [5, 5.41) is 0. The first kappa shape index (κ1) is 14.0. The van der Waals surface area contributed by atoms with Gasteiger partial charge in [-0.3, -0.25) is 4.79 Å². The number of carbonyl (C=O) groups is 1. The van der Waals surface area contributed by atoms with Gasteiger partial charge in [-0.2, -0.15) is 0 Å². The largest absolute Gasteiger partial charge is 0.337 e. The summed E-state index contributed by atoms with van der Waals surface area (Å²) < 4.78 is 24.2. The predicted molar refractivity (Wildman–Crippen MR) is 76.4 cm³/mol. The van der Waals surface area contributed by atoms with Crippen LogP contribution in [0.25, 0.3) is 0 Å². The normalized spacial score (nSPS) is 18.7. The van der Waals surface area contributed by atoms with Crippen molar-refractivity contribution in [1.29, 1.82) is 0 Å². The van der Waals surface area contributed by atoms with E-state index in [-0.39, 0.29) is 30.5 Å². The van der Waals surface area contributed by atoms with Crippen LogP contribution in [0.3, 0.4) is 0 Å². The number of rotatable bonds is 1. The summed E-state index contributed by atoms with van der Waals surface area (Å²) in [5.74, 6) is -0.0487. The minimum atomic E-state index is -2.96. The van der Waals surface area contributed by atoms with E-state index in [1.807, 2.05) is 6.07 Å². The second-order valence-electron chi connectivity index (χ2n) is 4.07. The Kier molecular flexibility index (Phi) is 4.13. The Labute approximate surface area is 123 Å². The number of benzene rings is 1. The first-order valence-corrected chi connectivity index (χ1v) is 8.74. The molecule has 0 aromatic heterocycles. The summed E-state index contributed by atoms with van der Waals surface area (Å²) in [5.41, 5.74) is 0.545. The Bertz CT molecular complexity index is 572. The van der Waals surface area contributed by atoms with E-state index in [2.05, 4.69) is 31.9 Å².